The molecule has 1 saturated heterocycles. The molecule has 0 aliphatic carbocycles. The highest BCUT2D eigenvalue weighted by Crippen LogP contribution is 2.20. The summed E-state index contributed by atoms with van der Waals surface area (Å²) in [6, 6.07) is 12.2. The highest BCUT2D eigenvalue weighted by atomic mass is 19.4. The molecule has 9 heteroatoms. The Labute approximate surface area is 183 Å². The van der Waals surface area contributed by atoms with E-state index in [-0.39, 0.29) is 24.3 Å². The van der Waals surface area contributed by atoms with E-state index in [0.717, 1.165) is 5.56 Å². The van der Waals surface area contributed by atoms with Gasteiger partial charge in [-0.25, -0.2) is 4.39 Å². The van der Waals surface area contributed by atoms with Gasteiger partial charge >= 0.3 is 6.18 Å². The van der Waals surface area contributed by atoms with Crippen LogP contribution < -0.4 is 5.32 Å². The van der Waals surface area contributed by atoms with Crippen molar-refractivity contribution in [1.29, 1.82) is 0 Å². The van der Waals surface area contributed by atoms with Crippen molar-refractivity contribution in [3.05, 3.63) is 71.0 Å². The Bertz CT molecular complexity index is 906. The summed E-state index contributed by atoms with van der Waals surface area (Å²) in [5.74, 6) is -0.886. The van der Waals surface area contributed by atoms with Crippen LogP contribution in [0.4, 0.5) is 17.6 Å². The van der Waals surface area contributed by atoms with E-state index >= 15 is 0 Å². The van der Waals surface area contributed by atoms with Gasteiger partial charge in [0.1, 0.15) is 12.4 Å². The normalized spacial score (nSPS) is 14.9. The number of ether oxygens (including phenoxy) is 1. The molecule has 0 unspecified atom stereocenters. The first-order chi connectivity index (χ1) is 15.2. The maximum absolute atomic E-state index is 13.0. The molecule has 5 nitrogen and oxygen atoms in total. The number of halogens is 4. The van der Waals surface area contributed by atoms with Crippen LogP contribution in [0.5, 0.6) is 0 Å². The van der Waals surface area contributed by atoms with Gasteiger partial charge in [0.2, 0.25) is 5.91 Å². The number of benzene rings is 2. The zero-order valence-electron chi connectivity index (χ0n) is 17.3. The highest BCUT2D eigenvalue weighted by Gasteiger charge is 2.28. The van der Waals surface area contributed by atoms with E-state index < -0.39 is 18.6 Å². The second kappa shape index (κ2) is 10.6. The van der Waals surface area contributed by atoms with Crippen LogP contribution >= 0.6 is 0 Å². The number of hydrogen-bond donors (Lipinski definition) is 1. The smallest absolute Gasteiger partial charge is 0.367 e. The Balaban J connectivity index is 1.40. The molecule has 0 spiro atoms. The van der Waals surface area contributed by atoms with Gasteiger partial charge in [0, 0.05) is 31.1 Å². The van der Waals surface area contributed by atoms with E-state index in [1.54, 1.807) is 29.2 Å². The van der Waals surface area contributed by atoms with Crippen LogP contribution in [0, 0.1) is 11.7 Å². The van der Waals surface area contributed by atoms with Gasteiger partial charge in [0.25, 0.3) is 5.91 Å². The van der Waals surface area contributed by atoms with Crippen molar-refractivity contribution in [1.82, 2.24) is 10.2 Å². The fourth-order valence-electron chi connectivity index (χ4n) is 3.49. The summed E-state index contributed by atoms with van der Waals surface area (Å²) in [5.41, 5.74) is 1.85. The summed E-state index contributed by atoms with van der Waals surface area (Å²) in [5, 5.41) is 2.87. The molecule has 0 atom stereocenters. The molecule has 1 N–H and O–H groups in total. The maximum atomic E-state index is 13.0. The monoisotopic (exact) mass is 452 g/mol. The molecular weight excluding hydrogens is 428 g/mol. The molecule has 1 fully saturated rings. The van der Waals surface area contributed by atoms with Crippen LogP contribution in [0.15, 0.2) is 48.5 Å². The minimum atomic E-state index is -4.35. The highest BCUT2D eigenvalue weighted by molar-refractivity contribution is 5.94. The molecule has 2 aromatic rings. The third-order valence-corrected chi connectivity index (χ3v) is 5.27. The van der Waals surface area contributed by atoms with Crippen molar-refractivity contribution < 1.29 is 31.9 Å². The van der Waals surface area contributed by atoms with Crippen LogP contribution in [0.3, 0.4) is 0 Å². The van der Waals surface area contributed by atoms with Crippen molar-refractivity contribution in [2.75, 3.05) is 19.7 Å². The SMILES string of the molecule is O=C(NCc1ccc(COCC(F)(F)F)cc1)C1CCN(C(=O)c2ccc(F)cc2)CC1. The second-order valence-corrected chi connectivity index (χ2v) is 7.72. The lowest BCUT2D eigenvalue weighted by Crippen LogP contribution is -2.42. The summed E-state index contributed by atoms with van der Waals surface area (Å²) in [7, 11) is 0. The number of alkyl halides is 3. The second-order valence-electron chi connectivity index (χ2n) is 7.72. The van der Waals surface area contributed by atoms with Gasteiger partial charge in [-0.3, -0.25) is 9.59 Å². The standard InChI is InChI=1S/C23H24F4N2O3/c24-20-7-5-19(6-8-20)22(31)29-11-9-18(10-12-29)21(30)28-13-16-1-3-17(4-2-16)14-32-15-23(25,26)27/h1-8,18H,9-15H2,(H,28,30). The van der Waals surface area contributed by atoms with Crippen molar-refractivity contribution in [2.45, 2.75) is 32.2 Å². The van der Waals surface area contributed by atoms with E-state index in [9.17, 15) is 27.2 Å². The third-order valence-electron chi connectivity index (χ3n) is 5.27. The van der Waals surface area contributed by atoms with Crippen molar-refractivity contribution >= 4 is 11.8 Å². The summed E-state index contributed by atoms with van der Waals surface area (Å²) < 4.78 is 54.0. The molecule has 0 bridgehead atoms. The summed E-state index contributed by atoms with van der Waals surface area (Å²) in [6.45, 7) is -0.237. The number of piperidine rings is 1. The number of nitrogens with zero attached hydrogens (tertiary/aromatic N) is 1. The predicted octanol–water partition coefficient (Wildman–Crippen LogP) is 4.07. The van der Waals surface area contributed by atoms with E-state index in [1.807, 2.05) is 0 Å². The quantitative estimate of drug-likeness (QED) is 0.645. The zero-order valence-corrected chi connectivity index (χ0v) is 17.3. The molecule has 2 aromatic carbocycles. The lowest BCUT2D eigenvalue weighted by atomic mass is 9.95. The van der Waals surface area contributed by atoms with Crippen molar-refractivity contribution in [3.8, 4) is 0 Å². The average Bonchev–Trinajstić information content (AvgIpc) is 2.77. The lowest BCUT2D eigenvalue weighted by Gasteiger charge is -2.31. The van der Waals surface area contributed by atoms with Crippen LogP contribution in [0.2, 0.25) is 0 Å². The molecule has 0 radical (unpaired) electrons. The summed E-state index contributed by atoms with van der Waals surface area (Å²) in [6.07, 6.45) is -3.28. The van der Waals surface area contributed by atoms with Crippen molar-refractivity contribution in [2.24, 2.45) is 5.92 Å². The Hall–Kier alpha value is -2.94. The molecule has 1 aliphatic rings. The number of rotatable bonds is 7. The zero-order chi connectivity index (χ0) is 23.1. The minimum Gasteiger partial charge on any atom is -0.367 e. The van der Waals surface area contributed by atoms with Crippen LogP contribution in [0.1, 0.15) is 34.3 Å². The molecule has 3 rings (SSSR count). The van der Waals surface area contributed by atoms with Gasteiger partial charge in [0.15, 0.2) is 0 Å². The predicted molar refractivity (Wildman–Crippen MR) is 109 cm³/mol. The number of carbonyl (C=O) groups is 2. The van der Waals surface area contributed by atoms with Crippen LogP contribution in [-0.4, -0.2) is 42.6 Å². The summed E-state index contributed by atoms with van der Waals surface area (Å²) in [4.78, 5) is 26.6. The molecule has 1 heterocycles. The fraction of sp³-hybridized carbons (Fsp3) is 0.391. The Morgan fingerprint density at radius 1 is 0.969 bits per heavy atom. The minimum absolute atomic E-state index is 0.100. The molecule has 0 aromatic heterocycles. The number of nitrogens with one attached hydrogen (secondary N) is 1. The largest absolute Gasteiger partial charge is 0.411 e. The first-order valence-electron chi connectivity index (χ1n) is 10.3. The molecule has 172 valence electrons. The van der Waals surface area contributed by atoms with E-state index in [0.29, 0.717) is 43.6 Å². The Morgan fingerprint density at radius 2 is 1.56 bits per heavy atom. The van der Waals surface area contributed by atoms with Crippen molar-refractivity contribution in [3.63, 3.8) is 0 Å². The van der Waals surface area contributed by atoms with E-state index in [4.69, 9.17) is 0 Å². The summed E-state index contributed by atoms with van der Waals surface area (Å²) >= 11 is 0. The molecular formula is C23H24F4N2O3. The fourth-order valence-corrected chi connectivity index (χ4v) is 3.49. The number of hydrogen-bond acceptors (Lipinski definition) is 3. The third kappa shape index (κ3) is 7.05. The number of amides is 2. The maximum Gasteiger partial charge on any atom is 0.411 e. The van der Waals surface area contributed by atoms with Crippen LogP contribution in [0.25, 0.3) is 0 Å². The Kier molecular flexibility index (Phi) is 7.84. The molecule has 2 amide bonds. The van der Waals surface area contributed by atoms with Gasteiger partial charge in [-0.15, -0.1) is 0 Å². The van der Waals surface area contributed by atoms with E-state index in [2.05, 4.69) is 10.1 Å². The molecule has 0 saturated carbocycles. The first-order valence-corrected chi connectivity index (χ1v) is 10.3. The topological polar surface area (TPSA) is 58.6 Å². The molecule has 32 heavy (non-hydrogen) atoms. The van der Waals surface area contributed by atoms with Gasteiger partial charge in [-0.1, -0.05) is 24.3 Å². The van der Waals surface area contributed by atoms with Gasteiger partial charge in [0.05, 0.1) is 6.61 Å². The van der Waals surface area contributed by atoms with Gasteiger partial charge in [-0.05, 0) is 48.2 Å². The van der Waals surface area contributed by atoms with Gasteiger partial charge < -0.3 is 15.0 Å². The first kappa shape index (κ1) is 23.7. The molecule has 1 aliphatic heterocycles. The van der Waals surface area contributed by atoms with Gasteiger partial charge in [-0.2, -0.15) is 13.2 Å². The van der Waals surface area contributed by atoms with E-state index in [1.165, 1.54) is 24.3 Å². The average molecular weight is 452 g/mol. The number of carbonyl (C=O) groups excluding carboxylic acids is 2. The Morgan fingerprint density at radius 3 is 2.16 bits per heavy atom. The van der Waals surface area contributed by atoms with Crippen LogP contribution in [-0.2, 0) is 22.7 Å². The number of likely N-dealkylation sites (tertiary alicyclic amines) is 1. The lowest BCUT2D eigenvalue weighted by molar-refractivity contribution is -0.176.